The lowest BCUT2D eigenvalue weighted by Crippen LogP contribution is -2.16. The third-order valence-corrected chi connectivity index (χ3v) is 1.53. The molecule has 0 unspecified atom stereocenters. The molecule has 1 aromatic heterocycles. The van der Waals surface area contributed by atoms with Crippen LogP contribution in [-0.2, 0) is 0 Å². The van der Waals surface area contributed by atoms with E-state index in [2.05, 4.69) is 21.9 Å². The molecule has 0 fully saturated rings. The molecule has 1 heterocycles. The number of anilines is 2. The Balaban J connectivity index is 2.71. The van der Waals surface area contributed by atoms with E-state index in [1.165, 1.54) is 6.33 Å². The van der Waals surface area contributed by atoms with Crippen LogP contribution in [0.3, 0.4) is 0 Å². The molecule has 1 aromatic rings. The summed E-state index contributed by atoms with van der Waals surface area (Å²) < 4.78 is 0. The number of nitrogens with two attached hydrogens (primary N) is 1. The maximum absolute atomic E-state index is 11.0. The third kappa shape index (κ3) is 2.33. The minimum atomic E-state index is -0.323. The fourth-order valence-corrected chi connectivity index (χ4v) is 0.844. The number of H-pyrrole nitrogens is 1. The molecule has 0 aliphatic rings. The van der Waals surface area contributed by atoms with Crippen LogP contribution in [0.1, 0.15) is 6.42 Å². The molecule has 0 saturated carbocycles. The Bertz CT molecular complexity index is 344. The van der Waals surface area contributed by atoms with Crippen molar-refractivity contribution in [1.82, 2.24) is 9.97 Å². The van der Waals surface area contributed by atoms with Crippen molar-refractivity contribution in [2.75, 3.05) is 17.6 Å². The molecular weight excluding hydrogens is 168 g/mol. The van der Waals surface area contributed by atoms with Crippen LogP contribution in [0.2, 0.25) is 0 Å². The average Bonchev–Trinajstić information content (AvgIpc) is 2.13. The molecule has 0 atom stereocenters. The lowest BCUT2D eigenvalue weighted by molar-refractivity contribution is 1.03. The van der Waals surface area contributed by atoms with Crippen LogP contribution in [0.25, 0.3) is 0 Å². The van der Waals surface area contributed by atoms with Crippen molar-refractivity contribution in [1.29, 1.82) is 0 Å². The summed E-state index contributed by atoms with van der Waals surface area (Å²) in [6.07, 6.45) is 3.89. The molecule has 0 aliphatic carbocycles. The number of hydrogen-bond acceptors (Lipinski definition) is 4. The zero-order valence-corrected chi connectivity index (χ0v) is 7.21. The molecule has 5 heteroatoms. The standard InChI is InChI=1S/C8H12N4O/c1-2-3-4-10-7-6(9)8(13)12-5-11-7/h2,5H,1,3-4,9H2,(H2,10,11,12,13). The Kier molecular flexibility index (Phi) is 3.08. The normalized spacial score (nSPS) is 9.54. The Labute approximate surface area is 75.7 Å². The molecule has 13 heavy (non-hydrogen) atoms. The molecule has 4 N–H and O–H groups in total. The predicted octanol–water partition coefficient (Wildman–Crippen LogP) is 0.340. The van der Waals surface area contributed by atoms with Crippen LogP contribution < -0.4 is 16.6 Å². The van der Waals surface area contributed by atoms with Crippen molar-refractivity contribution < 1.29 is 0 Å². The van der Waals surface area contributed by atoms with Crippen molar-refractivity contribution in [3.63, 3.8) is 0 Å². The summed E-state index contributed by atoms with van der Waals surface area (Å²) in [5.74, 6) is 0.422. The van der Waals surface area contributed by atoms with Gasteiger partial charge in [-0.3, -0.25) is 4.79 Å². The van der Waals surface area contributed by atoms with Crippen LogP contribution in [0.5, 0.6) is 0 Å². The molecule has 0 bridgehead atoms. The monoisotopic (exact) mass is 180 g/mol. The maximum atomic E-state index is 11.0. The van der Waals surface area contributed by atoms with Crippen molar-refractivity contribution in [3.8, 4) is 0 Å². The summed E-state index contributed by atoms with van der Waals surface area (Å²) in [5.41, 5.74) is 5.26. The largest absolute Gasteiger partial charge is 0.391 e. The number of nitrogens with zero attached hydrogens (tertiary/aromatic N) is 1. The van der Waals surface area contributed by atoms with Crippen LogP contribution in [0.15, 0.2) is 23.8 Å². The number of nitrogen functional groups attached to an aromatic ring is 1. The van der Waals surface area contributed by atoms with Gasteiger partial charge < -0.3 is 16.0 Å². The summed E-state index contributed by atoms with van der Waals surface area (Å²) in [6, 6.07) is 0. The topological polar surface area (TPSA) is 83.8 Å². The molecule has 0 spiro atoms. The van der Waals surface area contributed by atoms with E-state index < -0.39 is 0 Å². The van der Waals surface area contributed by atoms with E-state index in [1.54, 1.807) is 6.08 Å². The maximum Gasteiger partial charge on any atom is 0.276 e. The summed E-state index contributed by atoms with van der Waals surface area (Å²) in [6.45, 7) is 4.24. The first kappa shape index (κ1) is 9.31. The van der Waals surface area contributed by atoms with Crippen molar-refractivity contribution in [2.24, 2.45) is 0 Å². The van der Waals surface area contributed by atoms with E-state index >= 15 is 0 Å². The SMILES string of the molecule is C=CCCNc1nc[nH]c(=O)c1N. The van der Waals surface area contributed by atoms with Crippen molar-refractivity contribution in [2.45, 2.75) is 6.42 Å². The van der Waals surface area contributed by atoms with Gasteiger partial charge in [-0.2, -0.15) is 0 Å². The molecule has 1 rings (SSSR count). The number of aromatic nitrogens is 2. The minimum Gasteiger partial charge on any atom is -0.391 e. The van der Waals surface area contributed by atoms with Gasteiger partial charge in [0.05, 0.1) is 6.33 Å². The first-order valence-electron chi connectivity index (χ1n) is 3.93. The second-order valence-electron chi connectivity index (χ2n) is 2.50. The van der Waals surface area contributed by atoms with Crippen molar-refractivity contribution >= 4 is 11.5 Å². The van der Waals surface area contributed by atoms with Crippen LogP contribution in [0, 0.1) is 0 Å². The third-order valence-electron chi connectivity index (χ3n) is 1.53. The predicted molar refractivity (Wildman–Crippen MR) is 52.6 cm³/mol. The fourth-order valence-electron chi connectivity index (χ4n) is 0.844. The van der Waals surface area contributed by atoms with Gasteiger partial charge in [0, 0.05) is 6.54 Å². The Morgan fingerprint density at radius 2 is 2.54 bits per heavy atom. The molecule has 70 valence electrons. The zero-order valence-electron chi connectivity index (χ0n) is 7.21. The van der Waals surface area contributed by atoms with Gasteiger partial charge in [0.25, 0.3) is 5.56 Å². The van der Waals surface area contributed by atoms with Gasteiger partial charge in [-0.15, -0.1) is 6.58 Å². The molecule has 0 aromatic carbocycles. The lowest BCUT2D eigenvalue weighted by Gasteiger charge is -2.04. The smallest absolute Gasteiger partial charge is 0.276 e. The summed E-state index contributed by atoms with van der Waals surface area (Å²) in [5, 5.41) is 2.93. The quantitative estimate of drug-likeness (QED) is 0.461. The van der Waals surface area contributed by atoms with E-state index in [0.29, 0.717) is 12.4 Å². The highest BCUT2D eigenvalue weighted by atomic mass is 16.1. The first-order valence-corrected chi connectivity index (χ1v) is 3.93. The average molecular weight is 180 g/mol. The van der Waals surface area contributed by atoms with Gasteiger partial charge in [-0.25, -0.2) is 4.98 Å². The van der Waals surface area contributed by atoms with E-state index in [4.69, 9.17) is 5.73 Å². The first-order chi connectivity index (χ1) is 6.25. The zero-order chi connectivity index (χ0) is 9.68. The summed E-state index contributed by atoms with van der Waals surface area (Å²) in [4.78, 5) is 17.3. The summed E-state index contributed by atoms with van der Waals surface area (Å²) in [7, 11) is 0. The van der Waals surface area contributed by atoms with Gasteiger partial charge in [0.1, 0.15) is 5.69 Å². The van der Waals surface area contributed by atoms with E-state index in [9.17, 15) is 4.79 Å². The van der Waals surface area contributed by atoms with Gasteiger partial charge in [0.2, 0.25) is 0 Å². The number of rotatable bonds is 4. The van der Waals surface area contributed by atoms with Gasteiger partial charge in [-0.1, -0.05) is 6.08 Å². The minimum absolute atomic E-state index is 0.117. The second-order valence-corrected chi connectivity index (χ2v) is 2.50. The molecule has 0 saturated heterocycles. The highest BCUT2D eigenvalue weighted by Gasteiger charge is 2.01. The highest BCUT2D eigenvalue weighted by molar-refractivity contribution is 5.58. The van der Waals surface area contributed by atoms with Crippen LogP contribution in [-0.4, -0.2) is 16.5 Å². The van der Waals surface area contributed by atoms with Gasteiger partial charge in [-0.05, 0) is 6.42 Å². The fraction of sp³-hybridized carbons (Fsp3) is 0.250. The Morgan fingerprint density at radius 1 is 1.77 bits per heavy atom. The number of nitrogens with one attached hydrogen (secondary N) is 2. The van der Waals surface area contributed by atoms with E-state index in [1.807, 2.05) is 0 Å². The molecule has 0 radical (unpaired) electrons. The summed E-state index contributed by atoms with van der Waals surface area (Å²) >= 11 is 0. The van der Waals surface area contributed by atoms with Gasteiger partial charge >= 0.3 is 0 Å². The molecule has 5 nitrogen and oxygen atoms in total. The van der Waals surface area contributed by atoms with Crippen LogP contribution in [0.4, 0.5) is 11.5 Å². The lowest BCUT2D eigenvalue weighted by atomic mass is 10.4. The highest BCUT2D eigenvalue weighted by Crippen LogP contribution is 2.06. The second kappa shape index (κ2) is 4.30. The van der Waals surface area contributed by atoms with E-state index in [-0.39, 0.29) is 11.2 Å². The number of hydrogen-bond donors (Lipinski definition) is 3. The van der Waals surface area contributed by atoms with Crippen molar-refractivity contribution in [3.05, 3.63) is 29.3 Å². The molecule has 0 amide bonds. The Morgan fingerprint density at radius 3 is 3.23 bits per heavy atom. The van der Waals surface area contributed by atoms with Gasteiger partial charge in [0.15, 0.2) is 5.82 Å². The Hall–Kier alpha value is -1.78. The van der Waals surface area contributed by atoms with Crippen LogP contribution >= 0.6 is 0 Å². The molecular formula is C8H12N4O. The molecule has 0 aliphatic heterocycles. The number of aromatic amines is 1. The van der Waals surface area contributed by atoms with E-state index in [0.717, 1.165) is 6.42 Å².